The lowest BCUT2D eigenvalue weighted by atomic mass is 10.0. The van der Waals surface area contributed by atoms with Crippen LogP contribution >= 0.6 is 11.8 Å². The summed E-state index contributed by atoms with van der Waals surface area (Å²) < 4.78 is 7.38. The molecule has 0 fully saturated rings. The highest BCUT2D eigenvalue weighted by Gasteiger charge is 2.16. The number of nitrogens with one attached hydrogen (secondary N) is 1. The van der Waals surface area contributed by atoms with E-state index in [0.717, 1.165) is 28.7 Å². The van der Waals surface area contributed by atoms with Gasteiger partial charge in [-0.15, -0.1) is 10.2 Å². The number of hydrogen-bond acceptors (Lipinski definition) is 5. The van der Waals surface area contributed by atoms with Crippen LogP contribution in [0.15, 0.2) is 90.1 Å². The molecule has 1 atom stereocenters. The first-order valence-electron chi connectivity index (χ1n) is 11.7. The summed E-state index contributed by atoms with van der Waals surface area (Å²) in [5.41, 5.74) is 3.41. The summed E-state index contributed by atoms with van der Waals surface area (Å²) in [6.45, 7) is 3.43. The Morgan fingerprint density at radius 3 is 2.34 bits per heavy atom. The molecule has 0 radical (unpaired) electrons. The zero-order chi connectivity index (χ0) is 24.5. The maximum atomic E-state index is 12.6. The third kappa shape index (κ3) is 6.73. The predicted octanol–water partition coefficient (Wildman–Crippen LogP) is 5.21. The molecule has 35 heavy (non-hydrogen) atoms. The van der Waals surface area contributed by atoms with Crippen molar-refractivity contribution in [2.24, 2.45) is 0 Å². The molecule has 180 valence electrons. The van der Waals surface area contributed by atoms with Crippen molar-refractivity contribution in [1.82, 2.24) is 20.1 Å². The molecule has 3 aromatic carbocycles. The number of methoxy groups -OCH3 is 1. The number of hydrogen-bond donors (Lipinski definition) is 1. The molecular formula is C28H30N4O2S. The topological polar surface area (TPSA) is 69.0 Å². The summed E-state index contributed by atoms with van der Waals surface area (Å²) in [6, 6.07) is 28.3. The van der Waals surface area contributed by atoms with Crippen molar-refractivity contribution in [3.63, 3.8) is 0 Å². The van der Waals surface area contributed by atoms with Crippen LogP contribution in [0.4, 0.5) is 0 Å². The second kappa shape index (κ2) is 12.2. The molecule has 1 amide bonds. The van der Waals surface area contributed by atoms with Crippen LogP contribution in [-0.4, -0.2) is 40.1 Å². The van der Waals surface area contributed by atoms with E-state index in [4.69, 9.17) is 4.74 Å². The van der Waals surface area contributed by atoms with Gasteiger partial charge in [-0.1, -0.05) is 79.3 Å². The summed E-state index contributed by atoms with van der Waals surface area (Å²) in [5, 5.41) is 12.7. The number of amides is 1. The minimum Gasteiger partial charge on any atom is -0.497 e. The van der Waals surface area contributed by atoms with Gasteiger partial charge in [0.25, 0.3) is 0 Å². The first-order chi connectivity index (χ1) is 17.1. The molecule has 1 aromatic heterocycles. The van der Waals surface area contributed by atoms with E-state index in [1.165, 1.54) is 22.9 Å². The maximum absolute atomic E-state index is 12.6. The zero-order valence-electron chi connectivity index (χ0n) is 20.1. The minimum absolute atomic E-state index is 0.0126. The number of benzene rings is 3. The number of aromatic nitrogens is 3. The number of ether oxygens (including phenoxy) is 1. The molecule has 0 aliphatic rings. The highest BCUT2D eigenvalue weighted by Crippen LogP contribution is 2.26. The van der Waals surface area contributed by atoms with Crippen molar-refractivity contribution >= 4 is 17.7 Å². The molecule has 1 heterocycles. The average molecular weight is 487 g/mol. The van der Waals surface area contributed by atoms with Gasteiger partial charge in [0.1, 0.15) is 5.75 Å². The van der Waals surface area contributed by atoms with Gasteiger partial charge in [-0.2, -0.15) is 0 Å². The van der Waals surface area contributed by atoms with Crippen molar-refractivity contribution in [2.45, 2.75) is 31.0 Å². The van der Waals surface area contributed by atoms with Crippen molar-refractivity contribution < 1.29 is 9.53 Å². The van der Waals surface area contributed by atoms with Gasteiger partial charge in [0.15, 0.2) is 11.0 Å². The van der Waals surface area contributed by atoms with Gasteiger partial charge in [0.05, 0.1) is 12.9 Å². The molecule has 0 spiro atoms. The third-order valence-electron chi connectivity index (χ3n) is 5.84. The van der Waals surface area contributed by atoms with Crippen LogP contribution in [0.25, 0.3) is 11.4 Å². The second-order valence-corrected chi connectivity index (χ2v) is 9.27. The lowest BCUT2D eigenvalue weighted by Crippen LogP contribution is -2.29. The number of nitrogens with zero attached hydrogens (tertiary/aromatic N) is 3. The third-order valence-corrected chi connectivity index (χ3v) is 6.81. The molecular weight excluding hydrogens is 456 g/mol. The Labute approximate surface area is 210 Å². The Morgan fingerprint density at radius 2 is 1.66 bits per heavy atom. The molecule has 0 bridgehead atoms. The SMILES string of the molecule is COc1ccc(-c2nnc(SCC(=O)NCC(C)c3ccccc3)n2CCc2ccccc2)cc1. The summed E-state index contributed by atoms with van der Waals surface area (Å²) in [5.74, 6) is 2.10. The van der Waals surface area contributed by atoms with E-state index in [0.29, 0.717) is 13.1 Å². The molecule has 0 saturated carbocycles. The highest BCUT2D eigenvalue weighted by molar-refractivity contribution is 7.99. The van der Waals surface area contributed by atoms with E-state index in [1.807, 2.05) is 60.7 Å². The number of carbonyl (C=O) groups excluding carboxylic acids is 1. The molecule has 4 rings (SSSR count). The van der Waals surface area contributed by atoms with Gasteiger partial charge in [0.2, 0.25) is 5.91 Å². The Morgan fingerprint density at radius 1 is 0.971 bits per heavy atom. The number of rotatable bonds is 11. The van der Waals surface area contributed by atoms with Gasteiger partial charge in [-0.05, 0) is 47.7 Å². The quantitative estimate of drug-likeness (QED) is 0.295. The molecule has 6 nitrogen and oxygen atoms in total. The summed E-state index contributed by atoms with van der Waals surface area (Å²) in [6.07, 6.45) is 0.844. The zero-order valence-corrected chi connectivity index (χ0v) is 20.9. The van der Waals surface area contributed by atoms with E-state index in [2.05, 4.69) is 51.3 Å². The van der Waals surface area contributed by atoms with Crippen molar-refractivity contribution in [3.8, 4) is 17.1 Å². The Balaban J connectivity index is 1.43. The number of aryl methyl sites for hydroxylation is 1. The van der Waals surface area contributed by atoms with Crippen LogP contribution in [0.2, 0.25) is 0 Å². The largest absolute Gasteiger partial charge is 0.497 e. The van der Waals surface area contributed by atoms with Crippen LogP contribution in [0.3, 0.4) is 0 Å². The summed E-state index contributed by atoms with van der Waals surface area (Å²) in [7, 11) is 1.65. The fraction of sp³-hybridized carbons (Fsp3) is 0.250. The van der Waals surface area contributed by atoms with Crippen molar-refractivity contribution in [1.29, 1.82) is 0 Å². The lowest BCUT2D eigenvalue weighted by molar-refractivity contribution is -0.118. The van der Waals surface area contributed by atoms with E-state index >= 15 is 0 Å². The van der Waals surface area contributed by atoms with E-state index in [9.17, 15) is 4.79 Å². The summed E-state index contributed by atoms with van der Waals surface area (Å²) >= 11 is 1.41. The highest BCUT2D eigenvalue weighted by atomic mass is 32.2. The standard InChI is InChI=1S/C28H30N4O2S/c1-21(23-11-7-4-8-12-23)19-29-26(33)20-35-28-31-30-27(24-13-15-25(34-2)16-14-24)32(28)18-17-22-9-5-3-6-10-22/h3-16,21H,17-20H2,1-2H3,(H,29,33). The Bertz CT molecular complexity index is 1210. The first-order valence-corrected chi connectivity index (χ1v) is 12.7. The Kier molecular flexibility index (Phi) is 8.57. The minimum atomic E-state index is -0.0126. The van der Waals surface area contributed by atoms with Crippen LogP contribution in [0, 0.1) is 0 Å². The fourth-order valence-electron chi connectivity index (χ4n) is 3.78. The molecule has 0 saturated heterocycles. The number of thioether (sulfide) groups is 1. The normalized spacial score (nSPS) is 11.7. The molecule has 0 aliphatic heterocycles. The second-order valence-electron chi connectivity index (χ2n) is 8.33. The van der Waals surface area contributed by atoms with Gasteiger partial charge in [-0.25, -0.2) is 0 Å². The van der Waals surface area contributed by atoms with Gasteiger partial charge >= 0.3 is 0 Å². The van der Waals surface area contributed by atoms with Gasteiger partial charge < -0.3 is 14.6 Å². The smallest absolute Gasteiger partial charge is 0.230 e. The van der Waals surface area contributed by atoms with Crippen LogP contribution in [-0.2, 0) is 17.8 Å². The fourth-order valence-corrected chi connectivity index (χ4v) is 4.58. The van der Waals surface area contributed by atoms with Crippen molar-refractivity contribution in [3.05, 3.63) is 96.1 Å². The maximum Gasteiger partial charge on any atom is 0.230 e. The predicted molar refractivity (Wildman–Crippen MR) is 141 cm³/mol. The molecule has 1 unspecified atom stereocenters. The molecule has 7 heteroatoms. The summed E-state index contributed by atoms with van der Waals surface area (Å²) in [4.78, 5) is 12.6. The average Bonchev–Trinajstić information content (AvgIpc) is 3.33. The molecule has 0 aliphatic carbocycles. The number of carbonyl (C=O) groups is 1. The van der Waals surface area contributed by atoms with Crippen LogP contribution in [0.5, 0.6) is 5.75 Å². The van der Waals surface area contributed by atoms with Crippen molar-refractivity contribution in [2.75, 3.05) is 19.4 Å². The van der Waals surface area contributed by atoms with Gasteiger partial charge in [0, 0.05) is 18.7 Å². The van der Waals surface area contributed by atoms with Crippen LogP contribution < -0.4 is 10.1 Å². The molecule has 4 aromatic rings. The Hall–Kier alpha value is -3.58. The monoisotopic (exact) mass is 486 g/mol. The van der Waals surface area contributed by atoms with E-state index in [-0.39, 0.29) is 17.6 Å². The van der Waals surface area contributed by atoms with Crippen LogP contribution in [0.1, 0.15) is 24.0 Å². The van der Waals surface area contributed by atoms with Gasteiger partial charge in [-0.3, -0.25) is 4.79 Å². The molecule has 1 N–H and O–H groups in total. The van der Waals surface area contributed by atoms with E-state index in [1.54, 1.807) is 7.11 Å². The van der Waals surface area contributed by atoms with E-state index < -0.39 is 0 Å². The first kappa shape index (κ1) is 24.5. The lowest BCUT2D eigenvalue weighted by Gasteiger charge is -2.13.